The van der Waals surface area contributed by atoms with Crippen molar-refractivity contribution in [2.24, 2.45) is 5.92 Å². The number of fused-ring (bicyclic) bond motifs is 2. The van der Waals surface area contributed by atoms with Gasteiger partial charge >= 0.3 is 12.4 Å². The number of hydrogen-bond donors (Lipinski definition) is 1. The van der Waals surface area contributed by atoms with E-state index in [0.29, 0.717) is 24.9 Å². The van der Waals surface area contributed by atoms with Crippen LogP contribution in [0.15, 0.2) is 30.3 Å². The van der Waals surface area contributed by atoms with Crippen molar-refractivity contribution in [1.82, 2.24) is 4.98 Å². The van der Waals surface area contributed by atoms with Crippen molar-refractivity contribution in [1.29, 1.82) is 5.26 Å². The largest absolute Gasteiger partial charge is 0.433 e. The maximum absolute atomic E-state index is 13.6. The molecule has 1 N–H and O–H groups in total. The highest BCUT2D eigenvalue weighted by molar-refractivity contribution is 5.98. The van der Waals surface area contributed by atoms with Gasteiger partial charge in [-0.05, 0) is 55.9 Å². The minimum Gasteiger partial charge on any atom is -0.340 e. The van der Waals surface area contributed by atoms with Crippen LogP contribution in [0.25, 0.3) is 0 Å². The van der Waals surface area contributed by atoms with E-state index in [1.54, 1.807) is 18.2 Å². The lowest BCUT2D eigenvalue weighted by Crippen LogP contribution is -2.49. The smallest absolute Gasteiger partial charge is 0.340 e. The number of alkyl halides is 6. The number of carbonyl (C=O) groups excluding carboxylic acids is 1. The third-order valence-corrected chi connectivity index (χ3v) is 6.09. The van der Waals surface area contributed by atoms with E-state index < -0.39 is 53.0 Å². The molecule has 3 atom stereocenters. The second-order valence-electron chi connectivity index (χ2n) is 8.30. The first-order valence-electron chi connectivity index (χ1n) is 10.2. The average molecular weight is 468 g/mol. The molecule has 5 nitrogen and oxygen atoms in total. The summed E-state index contributed by atoms with van der Waals surface area (Å²) in [5.41, 5.74) is -3.18. The van der Waals surface area contributed by atoms with E-state index in [0.717, 1.165) is 5.56 Å². The van der Waals surface area contributed by atoms with Gasteiger partial charge in [-0.2, -0.15) is 31.6 Å². The number of nitriles is 1. The first-order valence-corrected chi connectivity index (χ1v) is 10.2. The maximum atomic E-state index is 13.6. The first kappa shape index (κ1) is 22.9. The predicted octanol–water partition coefficient (Wildman–Crippen LogP) is 5.30. The van der Waals surface area contributed by atoms with E-state index >= 15 is 0 Å². The van der Waals surface area contributed by atoms with Crippen molar-refractivity contribution in [3.8, 4) is 6.07 Å². The summed E-state index contributed by atoms with van der Waals surface area (Å²) in [5.74, 6) is -1.60. The van der Waals surface area contributed by atoms with Crippen LogP contribution in [0.5, 0.6) is 0 Å². The van der Waals surface area contributed by atoms with Crippen molar-refractivity contribution in [2.75, 3.05) is 10.2 Å². The Morgan fingerprint density at radius 2 is 1.88 bits per heavy atom. The van der Waals surface area contributed by atoms with Gasteiger partial charge in [-0.25, -0.2) is 4.98 Å². The van der Waals surface area contributed by atoms with E-state index in [1.807, 2.05) is 13.0 Å². The second-order valence-corrected chi connectivity index (χ2v) is 8.30. The molecule has 1 aliphatic heterocycles. The van der Waals surface area contributed by atoms with Crippen molar-refractivity contribution in [2.45, 2.75) is 50.6 Å². The van der Waals surface area contributed by atoms with Gasteiger partial charge in [0, 0.05) is 11.7 Å². The number of benzene rings is 1. The lowest BCUT2D eigenvalue weighted by atomic mass is 9.96. The Kier molecular flexibility index (Phi) is 5.50. The molecule has 1 aromatic heterocycles. The fraction of sp³-hybridized carbons (Fsp3) is 0.409. The van der Waals surface area contributed by atoms with Gasteiger partial charge in [0.05, 0.1) is 5.56 Å². The summed E-state index contributed by atoms with van der Waals surface area (Å²) in [5, 5.41) is 12.2. The Hall–Kier alpha value is -3.29. The quantitative estimate of drug-likeness (QED) is 0.622. The number of hydrogen-bond acceptors (Lipinski definition) is 4. The first-order chi connectivity index (χ1) is 15.4. The Morgan fingerprint density at radius 3 is 2.48 bits per heavy atom. The molecule has 174 valence electrons. The second kappa shape index (κ2) is 7.93. The van der Waals surface area contributed by atoms with E-state index in [-0.39, 0.29) is 12.0 Å². The Labute approximate surface area is 185 Å². The highest BCUT2D eigenvalue weighted by Gasteiger charge is 2.52. The summed E-state index contributed by atoms with van der Waals surface area (Å²) < 4.78 is 81.0. The zero-order valence-corrected chi connectivity index (χ0v) is 17.3. The SMILES string of the molecule is Cc1cccc(NC(=O)[C@@H]2[C@H]3CC[C@H](C3)N2c2nc(C(F)(F)F)cc(C(F)(F)F)c2C#N)c1. The van der Waals surface area contributed by atoms with Crippen LogP contribution < -0.4 is 10.2 Å². The Balaban J connectivity index is 1.82. The topological polar surface area (TPSA) is 69.0 Å². The normalized spacial score (nSPS) is 22.4. The zero-order valence-electron chi connectivity index (χ0n) is 17.3. The highest BCUT2D eigenvalue weighted by atomic mass is 19.4. The van der Waals surface area contributed by atoms with Gasteiger partial charge < -0.3 is 10.2 Å². The minimum atomic E-state index is -5.21. The molecule has 33 heavy (non-hydrogen) atoms. The number of nitrogens with one attached hydrogen (secondary N) is 1. The van der Waals surface area contributed by atoms with Gasteiger partial charge in [0.25, 0.3) is 0 Å². The molecule has 0 radical (unpaired) electrons. The van der Waals surface area contributed by atoms with E-state index in [1.165, 1.54) is 11.0 Å². The van der Waals surface area contributed by atoms with Crippen molar-refractivity contribution in [3.05, 3.63) is 52.7 Å². The molecule has 0 unspecified atom stereocenters. The molecule has 0 spiro atoms. The van der Waals surface area contributed by atoms with Crippen LogP contribution in [0.2, 0.25) is 0 Å². The summed E-state index contributed by atoms with van der Waals surface area (Å²) in [6.45, 7) is 1.81. The monoisotopic (exact) mass is 468 g/mol. The number of carbonyl (C=O) groups is 1. The number of pyridine rings is 1. The molecule has 1 saturated carbocycles. The van der Waals surface area contributed by atoms with Crippen LogP contribution in [-0.4, -0.2) is 23.0 Å². The minimum absolute atomic E-state index is 0.155. The summed E-state index contributed by atoms with van der Waals surface area (Å²) in [6, 6.07) is 6.53. The van der Waals surface area contributed by atoms with Crippen molar-refractivity contribution < 1.29 is 31.1 Å². The van der Waals surface area contributed by atoms with Crippen molar-refractivity contribution in [3.63, 3.8) is 0 Å². The van der Waals surface area contributed by atoms with Crippen LogP contribution >= 0.6 is 0 Å². The molecule has 11 heteroatoms. The molecular formula is C22H18F6N4O. The van der Waals surface area contributed by atoms with Crippen LogP contribution in [0, 0.1) is 24.2 Å². The number of halogens is 6. The molecule has 1 saturated heterocycles. The molecular weight excluding hydrogens is 450 g/mol. The predicted molar refractivity (Wildman–Crippen MR) is 106 cm³/mol. The Bertz CT molecular complexity index is 1140. The number of rotatable bonds is 3. The summed E-state index contributed by atoms with van der Waals surface area (Å²) >= 11 is 0. The zero-order chi connectivity index (χ0) is 24.1. The standard InChI is InChI=1S/C22H18F6N4O/c1-11-3-2-4-13(7-11)30-20(33)18-12-5-6-14(8-12)32(18)19-15(10-29)16(21(23,24)25)9-17(31-19)22(26,27)28/h2-4,7,9,12,14,18H,5-6,8H2,1H3,(H,30,33)/t12-,14+,18-/m0/s1. The third-order valence-electron chi connectivity index (χ3n) is 6.09. The summed E-state index contributed by atoms with van der Waals surface area (Å²) in [6.07, 6.45) is -8.89. The number of anilines is 2. The van der Waals surface area contributed by atoms with Crippen LogP contribution in [0.1, 0.15) is 41.6 Å². The molecule has 1 amide bonds. The van der Waals surface area contributed by atoms with Gasteiger partial charge in [0.1, 0.15) is 29.2 Å². The molecule has 1 aliphatic carbocycles. The van der Waals surface area contributed by atoms with E-state index in [4.69, 9.17) is 0 Å². The maximum Gasteiger partial charge on any atom is 0.433 e. The Morgan fingerprint density at radius 1 is 1.15 bits per heavy atom. The number of amides is 1. The van der Waals surface area contributed by atoms with Crippen LogP contribution in [0.3, 0.4) is 0 Å². The van der Waals surface area contributed by atoms with Crippen LogP contribution in [0.4, 0.5) is 37.8 Å². The van der Waals surface area contributed by atoms with E-state index in [9.17, 15) is 36.4 Å². The number of aryl methyl sites for hydroxylation is 1. The third kappa shape index (κ3) is 4.21. The van der Waals surface area contributed by atoms with Gasteiger partial charge in [-0.1, -0.05) is 12.1 Å². The lowest BCUT2D eigenvalue weighted by molar-refractivity contribution is -0.145. The van der Waals surface area contributed by atoms with Crippen LogP contribution in [-0.2, 0) is 17.1 Å². The molecule has 2 fully saturated rings. The summed E-state index contributed by atoms with van der Waals surface area (Å²) in [7, 11) is 0. The fourth-order valence-electron chi connectivity index (χ4n) is 4.77. The molecule has 2 bridgehead atoms. The molecule has 4 rings (SSSR count). The van der Waals surface area contributed by atoms with Gasteiger partial charge in [0.2, 0.25) is 5.91 Å². The number of piperidine rings is 1. The van der Waals surface area contributed by atoms with Gasteiger partial charge in [-0.3, -0.25) is 4.79 Å². The number of nitrogens with zero attached hydrogens (tertiary/aromatic N) is 3. The average Bonchev–Trinajstić information content (AvgIpc) is 3.33. The molecule has 2 heterocycles. The van der Waals surface area contributed by atoms with Crippen molar-refractivity contribution >= 4 is 17.4 Å². The molecule has 2 aliphatic rings. The lowest BCUT2D eigenvalue weighted by Gasteiger charge is -2.36. The summed E-state index contributed by atoms with van der Waals surface area (Å²) in [4.78, 5) is 17.8. The molecule has 2 aromatic rings. The highest BCUT2D eigenvalue weighted by Crippen LogP contribution is 2.48. The molecule has 1 aromatic carbocycles. The van der Waals surface area contributed by atoms with Gasteiger partial charge in [-0.15, -0.1) is 0 Å². The fourth-order valence-corrected chi connectivity index (χ4v) is 4.77. The number of aromatic nitrogens is 1. The van der Waals surface area contributed by atoms with E-state index in [2.05, 4.69) is 10.3 Å². The van der Waals surface area contributed by atoms with Gasteiger partial charge in [0.15, 0.2) is 0 Å².